The first kappa shape index (κ1) is 14.7. The molecule has 0 bridgehead atoms. The molecule has 94 valence electrons. The molecule has 1 amide bonds. The van der Waals surface area contributed by atoms with Crippen LogP contribution in [-0.2, 0) is 9.53 Å². The van der Waals surface area contributed by atoms with E-state index in [1.165, 1.54) is 16.7 Å². The van der Waals surface area contributed by atoms with Crippen molar-refractivity contribution in [1.29, 1.82) is 0 Å². The van der Waals surface area contributed by atoms with E-state index in [0.29, 0.717) is 33.8 Å². The Kier molecular flexibility index (Phi) is 4.72. The molecule has 2 aliphatic rings. The van der Waals surface area contributed by atoms with Crippen LogP contribution in [0, 0.1) is 5.92 Å². The van der Waals surface area contributed by atoms with E-state index in [2.05, 4.69) is 0 Å². The van der Waals surface area contributed by atoms with Crippen molar-refractivity contribution in [1.82, 2.24) is 4.90 Å². The second-order valence-electron chi connectivity index (χ2n) is 4.10. The Bertz CT molecular complexity index is 426. The normalized spacial score (nSPS) is 28.1. The van der Waals surface area contributed by atoms with E-state index in [9.17, 15) is 14.7 Å². The molecule has 0 radical (unpaired) electrons. The van der Waals surface area contributed by atoms with Crippen LogP contribution in [0.2, 0.25) is 0 Å². The van der Waals surface area contributed by atoms with Crippen LogP contribution in [0.4, 0.5) is 4.79 Å². The molecule has 2 rings (SSSR count). The van der Waals surface area contributed by atoms with E-state index >= 15 is 0 Å². The molecule has 0 saturated carbocycles. The van der Waals surface area contributed by atoms with Gasteiger partial charge in [0.1, 0.15) is 0 Å². The monoisotopic (exact) mass is 297 g/mol. The first-order valence-corrected chi connectivity index (χ1v) is 8.57. The molecule has 1 fully saturated rings. The number of carbonyl (C=O) groups is 2. The molecule has 8 heteroatoms. The summed E-state index contributed by atoms with van der Waals surface area (Å²) in [5, 5.41) is 9.46. The Hall–Kier alpha value is 0.340. The van der Waals surface area contributed by atoms with Crippen LogP contribution in [-0.4, -0.2) is 64.3 Å². The zero-order valence-electron chi connectivity index (χ0n) is 10.4. The third kappa shape index (κ3) is 2.48. The van der Waals surface area contributed by atoms with Gasteiger partial charge in [-0.15, -0.1) is 0 Å². The number of carbonyl (C=O) groups excluding carboxylic acids is 2. The second kappa shape index (κ2) is 5.76. The molecule has 2 heterocycles. The Morgan fingerprint density at radius 2 is 2.39 bits per heavy atom. The van der Waals surface area contributed by atoms with Crippen LogP contribution in [0.1, 0.15) is 13.8 Å². The topological polar surface area (TPSA) is 66.8 Å². The summed E-state index contributed by atoms with van der Waals surface area (Å²) < 4.78 is 5.76. The summed E-state index contributed by atoms with van der Waals surface area (Å²) in [5.74, 6) is 0.664. The summed E-state index contributed by atoms with van der Waals surface area (Å²) in [4.78, 5) is 24.6. The second-order valence-corrected chi connectivity index (χ2v) is 7.58. The molecule has 5 nitrogen and oxygen atoms in total. The molecule has 1 N–H and O–H groups in total. The van der Waals surface area contributed by atoms with Crippen molar-refractivity contribution in [3.63, 3.8) is 0 Å². The summed E-state index contributed by atoms with van der Waals surface area (Å²) in [6, 6.07) is 0. The Morgan fingerprint density at radius 1 is 1.72 bits per heavy atom. The number of aliphatic hydroxyl groups excluding tert-OH is 1. The van der Waals surface area contributed by atoms with Gasteiger partial charge in [0.05, 0.1) is 0 Å². The molecule has 2 aliphatic heterocycles. The van der Waals surface area contributed by atoms with Gasteiger partial charge < -0.3 is 0 Å². The van der Waals surface area contributed by atoms with E-state index in [4.69, 9.17) is 4.74 Å². The van der Waals surface area contributed by atoms with Gasteiger partial charge >= 0.3 is 132 Å². The fourth-order valence-corrected chi connectivity index (χ4v) is 4.88. The van der Waals surface area contributed by atoms with Crippen molar-refractivity contribution < 1.29 is 19.4 Å². The quantitative estimate of drug-likeness (QED) is 0.619. The molecular formula is C10H12NNaO4S2. The number of amides is 1. The van der Waals surface area contributed by atoms with E-state index in [0.717, 1.165) is 9.99 Å². The van der Waals surface area contributed by atoms with Crippen LogP contribution in [0.15, 0.2) is 10.1 Å². The number of hydrogen-bond donors (Lipinski definition) is 1. The third-order valence-corrected chi connectivity index (χ3v) is 5.45. The van der Waals surface area contributed by atoms with Crippen LogP contribution in [0.25, 0.3) is 0 Å². The van der Waals surface area contributed by atoms with Gasteiger partial charge in [-0.05, 0) is 0 Å². The summed E-state index contributed by atoms with van der Waals surface area (Å²) in [5.41, 5.74) is 0. The number of aliphatic hydroxyl groups is 1. The van der Waals surface area contributed by atoms with Gasteiger partial charge in [0.15, 0.2) is 0 Å². The number of ether oxygens (including phenoxy) is 1. The van der Waals surface area contributed by atoms with Crippen LogP contribution < -0.4 is 0 Å². The van der Waals surface area contributed by atoms with Crippen LogP contribution >= 0.6 is 23.5 Å². The molecule has 0 aliphatic carbocycles. The zero-order valence-corrected chi connectivity index (χ0v) is 14.0. The van der Waals surface area contributed by atoms with E-state index in [1.54, 1.807) is 18.7 Å². The van der Waals surface area contributed by atoms with Gasteiger partial charge in [0, 0.05) is 0 Å². The molecule has 18 heavy (non-hydrogen) atoms. The average molecular weight is 297 g/mol. The van der Waals surface area contributed by atoms with Crippen molar-refractivity contribution in [2.24, 2.45) is 5.92 Å². The first-order valence-electron chi connectivity index (χ1n) is 5.70. The Morgan fingerprint density at radius 3 is 2.89 bits per heavy atom. The number of hydrogen-bond acceptors (Lipinski definition) is 6. The Labute approximate surface area is 131 Å². The summed E-state index contributed by atoms with van der Waals surface area (Å²) >= 11 is 3.35. The van der Waals surface area contributed by atoms with Crippen LogP contribution in [0.5, 0.6) is 0 Å². The standard InChI is InChI=1S/C10H12NO4S2.Na/c1-3-16-10-8(15-4-12)11-7(14)6(5(2)13)9(11)17-10;/h5-6,9,13H,3H2,1-2H3;/t5?,6?,9-;/m0./s1. The number of thioether (sulfide) groups is 2. The minimum absolute atomic E-state index is 0.123. The van der Waals surface area contributed by atoms with E-state index in [-0.39, 0.29) is 14.5 Å². The number of rotatable bonds is 4. The molecule has 0 aromatic heterocycles. The minimum atomic E-state index is -0.676. The van der Waals surface area contributed by atoms with Crippen molar-refractivity contribution in [3.05, 3.63) is 10.1 Å². The predicted molar refractivity (Wildman–Crippen MR) is 70.8 cm³/mol. The number of nitrogens with zero attached hydrogens (tertiary/aromatic N) is 1. The van der Waals surface area contributed by atoms with Gasteiger partial charge in [-0.3, -0.25) is 0 Å². The molecular weight excluding hydrogens is 285 g/mol. The fourth-order valence-electron chi connectivity index (χ4n) is 1.98. The third-order valence-electron chi connectivity index (χ3n) is 2.74. The maximum atomic E-state index is 12.0. The molecule has 1 saturated heterocycles. The average Bonchev–Trinajstić information content (AvgIpc) is 2.52. The summed E-state index contributed by atoms with van der Waals surface area (Å²) in [6.07, 6.45) is -0.676. The summed E-state index contributed by atoms with van der Waals surface area (Å²) in [6.45, 7) is 3.62. The van der Waals surface area contributed by atoms with E-state index in [1.807, 2.05) is 6.92 Å². The molecule has 0 aromatic rings. The fraction of sp³-hybridized carbons (Fsp3) is 0.600. The van der Waals surface area contributed by atoms with Gasteiger partial charge in [0.25, 0.3) is 0 Å². The van der Waals surface area contributed by atoms with Crippen LogP contribution in [0.3, 0.4) is 0 Å². The number of fused-ring (bicyclic) bond motifs is 1. The molecule has 2 unspecified atom stereocenters. The maximum absolute atomic E-state index is 12.0. The molecule has 0 aromatic carbocycles. The zero-order chi connectivity index (χ0) is 13.4. The Balaban J connectivity index is 2.21. The molecule has 0 spiro atoms. The van der Waals surface area contributed by atoms with Crippen molar-refractivity contribution in [3.8, 4) is 0 Å². The predicted octanol–water partition coefficient (Wildman–Crippen LogP) is 1.08. The summed E-state index contributed by atoms with van der Waals surface area (Å²) in [7, 11) is 0. The van der Waals surface area contributed by atoms with E-state index < -0.39 is 12.0 Å². The van der Waals surface area contributed by atoms with Gasteiger partial charge in [0.2, 0.25) is 0 Å². The molecule has 3 atom stereocenters. The number of β-lactam (4-membered cyclic amide) rings is 1. The SMILES string of the molecule is CCSC1=C(O[C](=O)[Na])N2C(=O)C(C(C)O)[C@@H]2S1. The first-order chi connectivity index (χ1) is 8.47. The van der Waals surface area contributed by atoms with Gasteiger partial charge in [-0.2, -0.15) is 0 Å². The van der Waals surface area contributed by atoms with Crippen molar-refractivity contribution >= 4 is 60.6 Å². The van der Waals surface area contributed by atoms with Gasteiger partial charge in [-0.25, -0.2) is 0 Å². The van der Waals surface area contributed by atoms with Crippen molar-refractivity contribution in [2.45, 2.75) is 25.3 Å². The van der Waals surface area contributed by atoms with Crippen molar-refractivity contribution in [2.75, 3.05) is 5.75 Å². The van der Waals surface area contributed by atoms with Gasteiger partial charge in [-0.1, -0.05) is 0 Å².